The van der Waals surface area contributed by atoms with Crippen LogP contribution in [-0.4, -0.2) is 29.6 Å². The van der Waals surface area contributed by atoms with Crippen LogP contribution in [0, 0.1) is 10.8 Å². The summed E-state index contributed by atoms with van der Waals surface area (Å²) in [5.74, 6) is -0.293. The predicted molar refractivity (Wildman–Crippen MR) is 107 cm³/mol. The standard InChI is InChI=1S/C22H33NO5/c1-21(2,3)19(25)27-15-11-14(18(24)17-9-7-8-10-23-17)12-16(13-15)28-20(26)22(4,5)6/h11-13,17-18,23-24H,7-10H2,1-6H3. The minimum Gasteiger partial charge on any atom is -0.426 e. The highest BCUT2D eigenvalue weighted by Crippen LogP contribution is 2.32. The lowest BCUT2D eigenvalue weighted by Crippen LogP contribution is -2.38. The summed E-state index contributed by atoms with van der Waals surface area (Å²) >= 11 is 0. The van der Waals surface area contributed by atoms with Gasteiger partial charge in [-0.25, -0.2) is 0 Å². The fourth-order valence-corrected chi connectivity index (χ4v) is 2.78. The van der Waals surface area contributed by atoms with E-state index in [1.54, 1.807) is 53.7 Å². The Balaban J connectivity index is 2.34. The van der Waals surface area contributed by atoms with Crippen LogP contribution in [0.2, 0.25) is 0 Å². The largest absolute Gasteiger partial charge is 0.426 e. The molecule has 1 aliphatic heterocycles. The third-order valence-corrected chi connectivity index (χ3v) is 4.62. The molecule has 2 unspecified atom stereocenters. The van der Waals surface area contributed by atoms with E-state index in [0.717, 1.165) is 25.8 Å². The molecule has 6 heteroatoms. The van der Waals surface area contributed by atoms with E-state index < -0.39 is 28.9 Å². The molecule has 0 bridgehead atoms. The van der Waals surface area contributed by atoms with Crippen molar-refractivity contribution < 1.29 is 24.2 Å². The van der Waals surface area contributed by atoms with Crippen LogP contribution in [0.5, 0.6) is 11.5 Å². The second-order valence-corrected chi connectivity index (χ2v) is 9.52. The van der Waals surface area contributed by atoms with E-state index >= 15 is 0 Å². The van der Waals surface area contributed by atoms with Crippen LogP contribution < -0.4 is 14.8 Å². The molecule has 0 aliphatic carbocycles. The molecule has 2 N–H and O–H groups in total. The SMILES string of the molecule is CC(C)(C)C(=O)Oc1cc(OC(=O)C(C)(C)C)cc(C(O)C2CCCCN2)c1. The Morgan fingerprint density at radius 3 is 1.86 bits per heavy atom. The second kappa shape index (κ2) is 8.62. The van der Waals surface area contributed by atoms with Gasteiger partial charge in [0, 0.05) is 12.1 Å². The summed E-state index contributed by atoms with van der Waals surface area (Å²) in [5.41, 5.74) is -0.806. The second-order valence-electron chi connectivity index (χ2n) is 9.52. The summed E-state index contributed by atoms with van der Waals surface area (Å²) in [5, 5.41) is 14.2. The molecule has 1 saturated heterocycles. The molecule has 0 radical (unpaired) electrons. The number of carbonyl (C=O) groups is 2. The maximum absolute atomic E-state index is 12.3. The van der Waals surface area contributed by atoms with Crippen molar-refractivity contribution in [3.63, 3.8) is 0 Å². The van der Waals surface area contributed by atoms with E-state index in [-0.39, 0.29) is 17.5 Å². The highest BCUT2D eigenvalue weighted by molar-refractivity contribution is 5.79. The third kappa shape index (κ3) is 6.04. The number of aliphatic hydroxyl groups excluding tert-OH is 1. The van der Waals surface area contributed by atoms with E-state index in [4.69, 9.17) is 9.47 Å². The topological polar surface area (TPSA) is 84.9 Å². The Labute approximate surface area is 167 Å². The van der Waals surface area contributed by atoms with E-state index in [1.165, 1.54) is 6.07 Å². The summed E-state index contributed by atoms with van der Waals surface area (Å²) in [6.07, 6.45) is 2.19. The zero-order valence-electron chi connectivity index (χ0n) is 17.8. The molecule has 0 spiro atoms. The molecule has 156 valence electrons. The third-order valence-electron chi connectivity index (χ3n) is 4.62. The van der Waals surface area contributed by atoms with Gasteiger partial charge in [-0.15, -0.1) is 0 Å². The van der Waals surface area contributed by atoms with Crippen LogP contribution in [0.15, 0.2) is 18.2 Å². The maximum atomic E-state index is 12.3. The fraction of sp³-hybridized carbons (Fsp3) is 0.636. The van der Waals surface area contributed by atoms with E-state index in [2.05, 4.69) is 5.32 Å². The van der Waals surface area contributed by atoms with E-state index in [9.17, 15) is 14.7 Å². The van der Waals surface area contributed by atoms with Crippen molar-refractivity contribution in [1.82, 2.24) is 5.32 Å². The number of ether oxygens (including phenoxy) is 2. The first-order valence-electron chi connectivity index (χ1n) is 9.89. The van der Waals surface area contributed by atoms with Gasteiger partial charge in [0.05, 0.1) is 16.9 Å². The Morgan fingerprint density at radius 1 is 0.964 bits per heavy atom. The number of carbonyl (C=O) groups excluding carboxylic acids is 2. The van der Waals surface area contributed by atoms with Gasteiger partial charge in [-0.3, -0.25) is 9.59 Å². The number of piperidine rings is 1. The van der Waals surface area contributed by atoms with E-state index in [1.807, 2.05) is 0 Å². The molecule has 1 heterocycles. The number of benzene rings is 1. The lowest BCUT2D eigenvalue weighted by Gasteiger charge is -2.29. The smallest absolute Gasteiger partial charge is 0.316 e. The molecule has 0 amide bonds. The summed E-state index contributed by atoms with van der Waals surface area (Å²) in [6.45, 7) is 11.4. The van der Waals surface area contributed by atoms with Crippen molar-refractivity contribution in [2.75, 3.05) is 6.54 Å². The van der Waals surface area contributed by atoms with Crippen LogP contribution in [0.3, 0.4) is 0 Å². The first-order valence-corrected chi connectivity index (χ1v) is 9.89. The molecule has 28 heavy (non-hydrogen) atoms. The summed E-state index contributed by atoms with van der Waals surface area (Å²) in [4.78, 5) is 24.6. The van der Waals surface area contributed by atoms with Crippen molar-refractivity contribution in [3.05, 3.63) is 23.8 Å². The number of nitrogens with one attached hydrogen (secondary N) is 1. The van der Waals surface area contributed by atoms with Gasteiger partial charge >= 0.3 is 11.9 Å². The minimum atomic E-state index is -0.791. The van der Waals surface area contributed by atoms with Gasteiger partial charge in [-0.2, -0.15) is 0 Å². The molecule has 2 atom stereocenters. The zero-order valence-corrected chi connectivity index (χ0v) is 17.8. The quantitative estimate of drug-likeness (QED) is 0.600. The Kier molecular flexibility index (Phi) is 6.88. The van der Waals surface area contributed by atoms with Crippen LogP contribution in [0.25, 0.3) is 0 Å². The molecule has 0 saturated carbocycles. The molecule has 0 aromatic heterocycles. The lowest BCUT2D eigenvalue weighted by molar-refractivity contribution is -0.143. The highest BCUT2D eigenvalue weighted by atomic mass is 16.5. The summed E-state index contributed by atoms with van der Waals surface area (Å²) in [7, 11) is 0. The first-order chi connectivity index (χ1) is 12.9. The molecule has 1 aromatic carbocycles. The molecule has 6 nitrogen and oxygen atoms in total. The number of rotatable bonds is 4. The maximum Gasteiger partial charge on any atom is 0.316 e. The van der Waals surface area contributed by atoms with Crippen LogP contribution in [-0.2, 0) is 9.59 Å². The average molecular weight is 392 g/mol. The Morgan fingerprint density at radius 2 is 1.46 bits per heavy atom. The van der Waals surface area contributed by atoms with Crippen molar-refractivity contribution in [2.24, 2.45) is 10.8 Å². The van der Waals surface area contributed by atoms with Gasteiger partial charge in [0.15, 0.2) is 0 Å². The van der Waals surface area contributed by atoms with Crippen LogP contribution in [0.4, 0.5) is 0 Å². The van der Waals surface area contributed by atoms with Gasteiger partial charge in [0.2, 0.25) is 0 Å². The van der Waals surface area contributed by atoms with E-state index in [0.29, 0.717) is 5.56 Å². The summed E-state index contributed by atoms with van der Waals surface area (Å²) < 4.78 is 11.0. The Hall–Kier alpha value is -1.92. The monoisotopic (exact) mass is 391 g/mol. The van der Waals surface area contributed by atoms with Gasteiger partial charge in [0.1, 0.15) is 11.5 Å². The zero-order chi connectivity index (χ0) is 21.1. The normalized spacial score (nSPS) is 19.0. The fourth-order valence-electron chi connectivity index (χ4n) is 2.78. The number of hydrogen-bond donors (Lipinski definition) is 2. The number of hydrogen-bond acceptors (Lipinski definition) is 6. The van der Waals surface area contributed by atoms with Crippen molar-refractivity contribution in [1.29, 1.82) is 0 Å². The lowest BCUT2D eigenvalue weighted by atomic mass is 9.94. The van der Waals surface area contributed by atoms with Gasteiger partial charge in [0.25, 0.3) is 0 Å². The van der Waals surface area contributed by atoms with Crippen molar-refractivity contribution in [2.45, 2.75) is 73.0 Å². The first kappa shape index (κ1) is 22.4. The molecule has 1 aliphatic rings. The summed E-state index contributed by atoms with van der Waals surface area (Å²) in [6, 6.07) is 4.70. The number of esters is 2. The average Bonchev–Trinajstić information content (AvgIpc) is 2.60. The number of aliphatic hydroxyl groups is 1. The molecule has 1 fully saturated rings. The molecule has 1 aromatic rings. The highest BCUT2D eigenvalue weighted by Gasteiger charge is 2.28. The molecule has 2 rings (SSSR count). The van der Waals surface area contributed by atoms with Crippen LogP contribution >= 0.6 is 0 Å². The van der Waals surface area contributed by atoms with Crippen molar-refractivity contribution >= 4 is 11.9 Å². The Bertz CT molecular complexity index is 662. The molecular formula is C22H33NO5. The minimum absolute atomic E-state index is 0.0894. The predicted octanol–water partition coefficient (Wildman–Crippen LogP) is 3.77. The van der Waals surface area contributed by atoms with Gasteiger partial charge in [-0.05, 0) is 78.6 Å². The van der Waals surface area contributed by atoms with Gasteiger partial charge in [-0.1, -0.05) is 6.42 Å². The molecular weight excluding hydrogens is 358 g/mol. The van der Waals surface area contributed by atoms with Gasteiger partial charge < -0.3 is 19.9 Å². The van der Waals surface area contributed by atoms with Crippen molar-refractivity contribution in [3.8, 4) is 11.5 Å². The van der Waals surface area contributed by atoms with Crippen LogP contribution in [0.1, 0.15) is 72.5 Å².